The van der Waals surface area contributed by atoms with Crippen molar-refractivity contribution in [2.24, 2.45) is 5.92 Å². The number of rotatable bonds is 6. The minimum Gasteiger partial charge on any atom is -0.350 e. The number of nitrogens with one attached hydrogen (secondary N) is 2. The molecular weight excluding hydrogens is 404 g/mol. The highest BCUT2D eigenvalue weighted by Gasteiger charge is 2.35. The van der Waals surface area contributed by atoms with Crippen LogP contribution in [0, 0.1) is 24.2 Å². The number of aromatic nitrogens is 4. The molecule has 0 saturated carbocycles. The Hall–Kier alpha value is -3.93. The van der Waals surface area contributed by atoms with E-state index in [9.17, 15) is 4.79 Å². The third-order valence-corrected chi connectivity index (χ3v) is 5.51. The van der Waals surface area contributed by atoms with Crippen molar-refractivity contribution in [2.45, 2.75) is 39.9 Å². The number of aryl methyl sites for hydroxylation is 1. The third-order valence-electron chi connectivity index (χ3n) is 5.51. The summed E-state index contributed by atoms with van der Waals surface area (Å²) in [6, 6.07) is 9.38. The van der Waals surface area contributed by atoms with Crippen LogP contribution in [0.3, 0.4) is 0 Å². The topological polar surface area (TPSA) is 112 Å². The van der Waals surface area contributed by atoms with E-state index in [0.29, 0.717) is 41.8 Å². The van der Waals surface area contributed by atoms with Crippen LogP contribution in [-0.2, 0) is 17.9 Å². The number of benzene rings is 1. The molecule has 1 atom stereocenters. The monoisotopic (exact) mass is 430 g/mol. The van der Waals surface area contributed by atoms with Crippen LogP contribution in [0.5, 0.6) is 0 Å². The van der Waals surface area contributed by atoms with Crippen molar-refractivity contribution in [2.75, 3.05) is 22.6 Å². The SMILES string of the molecule is Cc1nc(NCc2cnn(Cc3cccc(C#N)c3)c2)nc2c1NC(=O)[C@H](C(C)C)N2C. The average Bonchev–Trinajstić information content (AvgIpc) is 3.20. The molecule has 2 aromatic heterocycles. The summed E-state index contributed by atoms with van der Waals surface area (Å²) in [7, 11) is 1.89. The van der Waals surface area contributed by atoms with Gasteiger partial charge in [-0.25, -0.2) is 4.98 Å². The molecule has 164 valence electrons. The van der Waals surface area contributed by atoms with Crippen molar-refractivity contribution in [1.82, 2.24) is 19.7 Å². The number of fused-ring (bicyclic) bond motifs is 1. The van der Waals surface area contributed by atoms with Gasteiger partial charge in [0.15, 0.2) is 5.82 Å². The lowest BCUT2D eigenvalue weighted by Crippen LogP contribution is -2.49. The first-order valence-corrected chi connectivity index (χ1v) is 10.5. The minimum atomic E-state index is -0.276. The van der Waals surface area contributed by atoms with E-state index in [0.717, 1.165) is 11.1 Å². The second kappa shape index (κ2) is 8.67. The summed E-state index contributed by atoms with van der Waals surface area (Å²) >= 11 is 0. The van der Waals surface area contributed by atoms with Gasteiger partial charge in [0.05, 0.1) is 30.1 Å². The van der Waals surface area contributed by atoms with Crippen molar-refractivity contribution >= 4 is 23.4 Å². The number of hydrogen-bond donors (Lipinski definition) is 2. The summed E-state index contributed by atoms with van der Waals surface area (Å²) in [5, 5.41) is 19.7. The van der Waals surface area contributed by atoms with Gasteiger partial charge < -0.3 is 15.5 Å². The number of carbonyl (C=O) groups excluding carboxylic acids is 1. The zero-order valence-corrected chi connectivity index (χ0v) is 18.6. The number of likely N-dealkylation sites (N-methyl/N-ethyl adjacent to an activating group) is 1. The van der Waals surface area contributed by atoms with E-state index in [1.54, 1.807) is 12.3 Å². The number of nitriles is 1. The molecule has 2 N–H and O–H groups in total. The van der Waals surface area contributed by atoms with Crippen LogP contribution in [0.15, 0.2) is 36.7 Å². The summed E-state index contributed by atoms with van der Waals surface area (Å²) in [5.41, 5.74) is 4.02. The third kappa shape index (κ3) is 4.25. The normalized spacial score (nSPS) is 15.3. The molecule has 1 amide bonds. The molecule has 1 aliphatic heterocycles. The molecule has 0 spiro atoms. The Morgan fingerprint density at radius 1 is 1.28 bits per heavy atom. The van der Waals surface area contributed by atoms with Crippen LogP contribution in [-0.4, -0.2) is 38.7 Å². The second-order valence-corrected chi connectivity index (χ2v) is 8.33. The Morgan fingerprint density at radius 2 is 2.09 bits per heavy atom. The molecule has 0 bridgehead atoms. The predicted octanol–water partition coefficient (Wildman–Crippen LogP) is 2.93. The molecule has 32 heavy (non-hydrogen) atoms. The zero-order chi connectivity index (χ0) is 22.8. The molecule has 3 heterocycles. The Morgan fingerprint density at radius 3 is 2.84 bits per heavy atom. The molecule has 9 heteroatoms. The Balaban J connectivity index is 1.46. The van der Waals surface area contributed by atoms with Crippen LogP contribution in [0.25, 0.3) is 0 Å². The summed E-state index contributed by atoms with van der Waals surface area (Å²) in [6.45, 7) is 7.01. The van der Waals surface area contributed by atoms with Gasteiger partial charge in [-0.05, 0) is 30.5 Å². The second-order valence-electron chi connectivity index (χ2n) is 8.33. The molecule has 0 unspecified atom stereocenters. The van der Waals surface area contributed by atoms with Crippen LogP contribution < -0.4 is 15.5 Å². The Kier molecular flexibility index (Phi) is 5.77. The van der Waals surface area contributed by atoms with E-state index >= 15 is 0 Å². The largest absolute Gasteiger partial charge is 0.350 e. The van der Waals surface area contributed by atoms with Gasteiger partial charge in [-0.15, -0.1) is 0 Å². The molecule has 0 radical (unpaired) electrons. The van der Waals surface area contributed by atoms with Gasteiger partial charge in [0.2, 0.25) is 11.9 Å². The lowest BCUT2D eigenvalue weighted by Gasteiger charge is -2.36. The summed E-state index contributed by atoms with van der Waals surface area (Å²) in [6.07, 6.45) is 3.76. The highest BCUT2D eigenvalue weighted by atomic mass is 16.2. The van der Waals surface area contributed by atoms with Gasteiger partial charge in [0, 0.05) is 25.4 Å². The minimum absolute atomic E-state index is 0.0323. The smallest absolute Gasteiger partial charge is 0.247 e. The number of hydrogen-bond acceptors (Lipinski definition) is 7. The van der Waals surface area contributed by atoms with Crippen LogP contribution in [0.2, 0.25) is 0 Å². The van der Waals surface area contributed by atoms with Crippen molar-refractivity contribution in [3.05, 3.63) is 59.0 Å². The fraction of sp³-hybridized carbons (Fsp3) is 0.348. The maximum absolute atomic E-state index is 12.5. The van der Waals surface area contributed by atoms with Crippen molar-refractivity contribution in [1.29, 1.82) is 5.26 Å². The quantitative estimate of drug-likeness (QED) is 0.618. The van der Waals surface area contributed by atoms with E-state index in [1.165, 1.54) is 0 Å². The first-order valence-electron chi connectivity index (χ1n) is 10.5. The molecule has 0 aliphatic carbocycles. The number of anilines is 3. The summed E-state index contributed by atoms with van der Waals surface area (Å²) in [5.74, 6) is 1.34. The van der Waals surface area contributed by atoms with Gasteiger partial charge in [-0.2, -0.15) is 15.3 Å². The predicted molar refractivity (Wildman–Crippen MR) is 122 cm³/mol. The fourth-order valence-electron chi connectivity index (χ4n) is 3.98. The van der Waals surface area contributed by atoms with E-state index < -0.39 is 0 Å². The van der Waals surface area contributed by atoms with Gasteiger partial charge in [0.1, 0.15) is 11.7 Å². The van der Waals surface area contributed by atoms with Crippen molar-refractivity contribution in [3.63, 3.8) is 0 Å². The number of carbonyl (C=O) groups is 1. The molecule has 3 aromatic rings. The molecule has 9 nitrogen and oxygen atoms in total. The van der Waals surface area contributed by atoms with E-state index in [4.69, 9.17) is 5.26 Å². The van der Waals surface area contributed by atoms with Crippen molar-refractivity contribution < 1.29 is 4.79 Å². The number of amides is 1. The van der Waals surface area contributed by atoms with Gasteiger partial charge in [0.25, 0.3) is 0 Å². The first-order chi connectivity index (χ1) is 15.4. The zero-order valence-electron chi connectivity index (χ0n) is 18.6. The average molecular weight is 431 g/mol. The molecule has 1 aliphatic rings. The van der Waals surface area contributed by atoms with Crippen LogP contribution >= 0.6 is 0 Å². The summed E-state index contributed by atoms with van der Waals surface area (Å²) < 4.78 is 1.84. The first kappa shape index (κ1) is 21.3. The van der Waals surface area contributed by atoms with Crippen LogP contribution in [0.4, 0.5) is 17.5 Å². The maximum atomic E-state index is 12.5. The molecule has 1 aromatic carbocycles. The fourth-order valence-corrected chi connectivity index (χ4v) is 3.98. The van der Waals surface area contributed by atoms with E-state index in [1.807, 2.05) is 61.8 Å². The Bertz CT molecular complexity index is 1190. The lowest BCUT2D eigenvalue weighted by molar-refractivity contribution is -0.118. The maximum Gasteiger partial charge on any atom is 0.247 e. The van der Waals surface area contributed by atoms with Gasteiger partial charge in [-0.1, -0.05) is 26.0 Å². The molecular formula is C23H26N8O. The standard InChI is InChI=1S/C23H26N8O/c1-14(2)20-22(32)28-19-15(3)27-23(29-21(19)30(20)4)25-10-18-11-26-31(13-18)12-17-7-5-6-16(8-17)9-24/h5-8,11,13-14,20H,10,12H2,1-4H3,(H,28,32)(H,25,27,29)/t20-/m0/s1. The highest BCUT2D eigenvalue weighted by Crippen LogP contribution is 2.34. The van der Waals surface area contributed by atoms with Crippen LogP contribution in [0.1, 0.15) is 36.2 Å². The van der Waals surface area contributed by atoms with E-state index in [-0.39, 0.29) is 17.9 Å². The van der Waals surface area contributed by atoms with E-state index in [2.05, 4.69) is 31.8 Å². The number of nitrogens with zero attached hydrogens (tertiary/aromatic N) is 6. The molecule has 0 saturated heterocycles. The Labute approximate surface area is 187 Å². The van der Waals surface area contributed by atoms with Gasteiger partial charge in [-0.3, -0.25) is 9.48 Å². The van der Waals surface area contributed by atoms with Crippen molar-refractivity contribution in [3.8, 4) is 6.07 Å². The lowest BCUT2D eigenvalue weighted by atomic mass is 9.99. The molecule has 4 rings (SSSR count). The highest BCUT2D eigenvalue weighted by molar-refractivity contribution is 6.03. The molecule has 0 fully saturated rings. The van der Waals surface area contributed by atoms with Gasteiger partial charge >= 0.3 is 0 Å². The summed E-state index contributed by atoms with van der Waals surface area (Å²) in [4.78, 5) is 23.6.